The van der Waals surface area contributed by atoms with E-state index >= 15 is 0 Å². The molecule has 19 heteroatoms. The second-order valence-corrected chi connectivity index (χ2v) is 17.3. The summed E-state index contributed by atoms with van der Waals surface area (Å²) in [5, 5.41) is 25.7. The molecule has 5 atom stereocenters. The molecule has 0 radical (unpaired) electrons. The number of Topliss-reactive ketones (excluding diaryl/α,β-unsaturated/α-hetero) is 2. The van der Waals surface area contributed by atoms with Crippen LogP contribution in [0, 0.1) is 0 Å². The van der Waals surface area contributed by atoms with E-state index in [1.54, 1.807) is 69.3 Å². The van der Waals surface area contributed by atoms with Crippen molar-refractivity contribution in [2.45, 2.75) is 62.8 Å². The van der Waals surface area contributed by atoms with Crippen molar-refractivity contribution in [2.24, 2.45) is 20.5 Å². The lowest BCUT2D eigenvalue weighted by Gasteiger charge is -2.17. The topological polar surface area (TPSA) is 200 Å². The largest absolute Gasteiger partial charge is 0.324 e. The highest BCUT2D eigenvalue weighted by molar-refractivity contribution is 6.35. The third-order valence-corrected chi connectivity index (χ3v) is 10.9. The number of benzene rings is 5. The van der Waals surface area contributed by atoms with Crippen LogP contribution in [0.15, 0.2) is 124 Å². The van der Waals surface area contributed by atoms with Crippen molar-refractivity contribution in [3.63, 3.8) is 0 Å². The molecule has 5 aromatic rings. The molecule has 5 rings (SSSR count). The van der Waals surface area contributed by atoms with Gasteiger partial charge in [0.25, 0.3) is 23.6 Å². The quantitative estimate of drug-likeness (QED) is 0.0406. The molecule has 0 bridgehead atoms. The van der Waals surface area contributed by atoms with Crippen LogP contribution in [0.2, 0.25) is 10.0 Å². The number of carbonyl (C=O) groups excluding carboxylic acids is 6. The molecule has 0 heterocycles. The summed E-state index contributed by atoms with van der Waals surface area (Å²) < 4.78 is 0. The Morgan fingerprint density at radius 3 is 1.29 bits per heavy atom. The van der Waals surface area contributed by atoms with E-state index in [1.165, 1.54) is 68.4 Å². The van der Waals surface area contributed by atoms with E-state index in [1.807, 2.05) is 0 Å². The molecule has 0 saturated carbocycles. The van der Waals surface area contributed by atoms with Gasteiger partial charge in [-0.05, 0) is 118 Å². The molecule has 14 nitrogen and oxygen atoms in total. The predicted octanol–water partition coefficient (Wildman–Crippen LogP) is 12.8. The van der Waals surface area contributed by atoms with Crippen molar-refractivity contribution in [3.8, 4) is 0 Å². The van der Waals surface area contributed by atoms with Gasteiger partial charge in [-0.25, -0.2) is 0 Å². The summed E-state index contributed by atoms with van der Waals surface area (Å²) in [5.74, 6) is -4.04. The average Bonchev–Trinajstić information content (AvgIpc) is 3.25. The van der Waals surface area contributed by atoms with Gasteiger partial charge in [-0.15, -0.1) is 34.8 Å². The zero-order chi connectivity index (χ0) is 47.5. The second kappa shape index (κ2) is 22.7. The highest BCUT2D eigenvalue weighted by atomic mass is 35.5. The molecule has 0 aliphatic heterocycles. The predicted molar refractivity (Wildman–Crippen MR) is 256 cm³/mol. The van der Waals surface area contributed by atoms with E-state index < -0.39 is 52.7 Å². The van der Waals surface area contributed by atoms with Crippen LogP contribution >= 0.6 is 58.0 Å². The summed E-state index contributed by atoms with van der Waals surface area (Å²) in [6.07, 6.45) is 0. The Hall–Kier alpha value is -6.03. The highest BCUT2D eigenvalue weighted by Gasteiger charge is 2.27. The normalized spacial score (nSPS) is 13.6. The molecular weight excluding hydrogens is 938 g/mol. The van der Waals surface area contributed by atoms with E-state index in [2.05, 4.69) is 41.7 Å². The smallest absolute Gasteiger partial charge is 0.258 e. The molecule has 336 valence electrons. The van der Waals surface area contributed by atoms with Crippen molar-refractivity contribution in [2.75, 3.05) is 21.3 Å². The monoisotopic (exact) mass is 976 g/mol. The number of rotatable bonds is 17. The van der Waals surface area contributed by atoms with Crippen molar-refractivity contribution < 1.29 is 28.8 Å². The third-order valence-electron chi connectivity index (χ3n) is 9.51. The van der Waals surface area contributed by atoms with Crippen molar-refractivity contribution >= 4 is 127 Å². The molecule has 0 fully saturated rings. The van der Waals surface area contributed by atoms with Gasteiger partial charge in [0.1, 0.15) is 0 Å². The van der Waals surface area contributed by atoms with Crippen LogP contribution in [0.25, 0.3) is 0 Å². The molecule has 4 N–H and O–H groups in total. The number of amides is 4. The van der Waals surface area contributed by atoms with Crippen LogP contribution in [-0.2, 0) is 19.2 Å². The number of carbonyl (C=O) groups is 6. The maximum Gasteiger partial charge on any atom is 0.258 e. The SMILES string of the molecule is CC(=O)C(N=Nc1ccc(Cl)c(C(=O)Nc2ccccc2C(C)Cl)c1)C(=O)Nc1ccc(NC(=O)C(N=Nc2ccc(Cl)c(C(=O)Nc3ccccc3C(C)Cl)c2)C(C)=O)c(C(C)Cl)c1. The molecule has 0 saturated heterocycles. The fourth-order valence-corrected chi connectivity index (χ4v) is 7.14. The molecule has 0 aliphatic rings. The van der Waals surface area contributed by atoms with E-state index in [0.29, 0.717) is 28.1 Å². The first kappa shape index (κ1) is 50.0. The lowest BCUT2D eigenvalue weighted by molar-refractivity contribution is -0.127. The Kier molecular flexibility index (Phi) is 17.5. The van der Waals surface area contributed by atoms with E-state index in [0.717, 1.165) is 0 Å². The van der Waals surface area contributed by atoms with Crippen molar-refractivity contribution in [3.05, 3.63) is 141 Å². The first-order valence-corrected chi connectivity index (χ1v) is 21.8. The number of halogens is 5. The number of azo groups is 2. The van der Waals surface area contributed by atoms with Crippen LogP contribution < -0.4 is 21.3 Å². The minimum absolute atomic E-state index is 0.0621. The molecule has 4 amide bonds. The Balaban J connectivity index is 1.28. The zero-order valence-corrected chi connectivity index (χ0v) is 39.1. The summed E-state index contributed by atoms with van der Waals surface area (Å²) >= 11 is 31.8. The van der Waals surface area contributed by atoms with Gasteiger partial charge in [0.05, 0.1) is 48.7 Å². The number of alkyl halides is 3. The maximum atomic E-state index is 13.5. The highest BCUT2D eigenvalue weighted by Crippen LogP contribution is 2.33. The second-order valence-electron chi connectivity index (χ2n) is 14.5. The molecule has 0 aliphatic carbocycles. The molecule has 0 aromatic heterocycles. The van der Waals surface area contributed by atoms with Crippen LogP contribution in [-0.4, -0.2) is 47.3 Å². The van der Waals surface area contributed by atoms with E-state index in [4.69, 9.17) is 58.0 Å². The molecule has 0 spiro atoms. The van der Waals surface area contributed by atoms with E-state index in [-0.39, 0.29) is 54.7 Å². The van der Waals surface area contributed by atoms with Gasteiger partial charge in [0.15, 0.2) is 11.6 Å². The fourth-order valence-electron chi connectivity index (χ4n) is 6.17. The van der Waals surface area contributed by atoms with Gasteiger partial charge in [0, 0.05) is 22.7 Å². The van der Waals surface area contributed by atoms with Gasteiger partial charge >= 0.3 is 0 Å². The number of nitrogens with zero attached hydrogens (tertiary/aromatic N) is 4. The standard InChI is InChI=1S/C46H41Cl5N8O6/c1-23(47)31-10-6-8-12-38(31)53-43(62)34-21-29(14-17-36(34)50)56-58-41(26(4)60)45(64)52-28-16-19-40(33(20-28)25(3)49)55-46(65)42(27(5)61)59-57-30-15-18-37(51)35(22-30)44(63)54-39-13-9-7-11-32(39)24(2)48/h6-25,41-42H,1-5H3,(H,52,64)(H,53,62)(H,54,63)(H,55,65). The Labute approximate surface area is 399 Å². The Morgan fingerprint density at radius 1 is 0.477 bits per heavy atom. The number of hydrogen-bond acceptors (Lipinski definition) is 10. The summed E-state index contributed by atoms with van der Waals surface area (Å²) in [5.41, 5.74) is 3.52. The summed E-state index contributed by atoms with van der Waals surface area (Å²) in [7, 11) is 0. The molecular formula is C46H41Cl5N8O6. The van der Waals surface area contributed by atoms with Crippen LogP contribution in [0.3, 0.4) is 0 Å². The first-order valence-electron chi connectivity index (χ1n) is 19.7. The number of hydrogen-bond donors (Lipinski definition) is 4. The minimum atomic E-state index is -1.61. The Morgan fingerprint density at radius 2 is 0.877 bits per heavy atom. The van der Waals surface area contributed by atoms with Crippen LogP contribution in [0.5, 0.6) is 0 Å². The van der Waals surface area contributed by atoms with E-state index in [9.17, 15) is 28.8 Å². The van der Waals surface area contributed by atoms with Gasteiger partial charge in [-0.1, -0.05) is 59.6 Å². The van der Waals surface area contributed by atoms with Gasteiger partial charge < -0.3 is 21.3 Å². The summed E-state index contributed by atoms with van der Waals surface area (Å²) in [6, 6.07) is 23.7. The number of anilines is 4. The lowest BCUT2D eigenvalue weighted by Crippen LogP contribution is -2.32. The fraction of sp³-hybridized carbons (Fsp3) is 0.217. The van der Waals surface area contributed by atoms with Crippen molar-refractivity contribution in [1.29, 1.82) is 0 Å². The van der Waals surface area contributed by atoms with Gasteiger partial charge in [0.2, 0.25) is 12.1 Å². The van der Waals surface area contributed by atoms with Crippen LogP contribution in [0.1, 0.15) is 88.2 Å². The van der Waals surface area contributed by atoms with Gasteiger partial charge in [-0.2, -0.15) is 20.5 Å². The third kappa shape index (κ3) is 13.3. The summed E-state index contributed by atoms with van der Waals surface area (Å²) in [6.45, 7) is 7.50. The maximum absolute atomic E-state index is 13.5. The minimum Gasteiger partial charge on any atom is -0.324 e. The van der Waals surface area contributed by atoms with Crippen LogP contribution in [0.4, 0.5) is 34.1 Å². The van der Waals surface area contributed by atoms with Crippen molar-refractivity contribution in [1.82, 2.24) is 0 Å². The average molecular weight is 979 g/mol. The summed E-state index contributed by atoms with van der Waals surface area (Å²) in [4.78, 5) is 78.7. The molecule has 5 aromatic carbocycles. The number of nitrogens with one attached hydrogen (secondary N) is 4. The number of ketones is 2. The number of para-hydroxylation sites is 2. The Bertz CT molecular complexity index is 2710. The lowest BCUT2D eigenvalue weighted by atomic mass is 10.1. The zero-order valence-electron chi connectivity index (χ0n) is 35.3. The van der Waals surface area contributed by atoms with Gasteiger partial charge in [-0.3, -0.25) is 28.8 Å². The molecule has 65 heavy (non-hydrogen) atoms. The molecule has 5 unspecified atom stereocenters. The first-order chi connectivity index (χ1) is 30.8.